The Labute approximate surface area is 129 Å². The molecule has 114 valence electrons. The maximum atomic E-state index is 10.1. The zero-order valence-corrected chi connectivity index (χ0v) is 13.2. The lowest BCUT2D eigenvalue weighted by atomic mass is 10.2. The molecule has 0 saturated carbocycles. The van der Waals surface area contributed by atoms with Gasteiger partial charge in [-0.15, -0.1) is 11.3 Å². The quantitative estimate of drug-likeness (QED) is 0.781. The summed E-state index contributed by atoms with van der Waals surface area (Å²) >= 11 is 1.55. The van der Waals surface area contributed by atoms with Gasteiger partial charge in [0.15, 0.2) is 0 Å². The van der Waals surface area contributed by atoms with Crippen LogP contribution in [0, 0.1) is 0 Å². The van der Waals surface area contributed by atoms with E-state index in [0.717, 1.165) is 22.1 Å². The van der Waals surface area contributed by atoms with E-state index in [4.69, 9.17) is 9.47 Å². The van der Waals surface area contributed by atoms with E-state index in [1.165, 1.54) is 0 Å². The second kappa shape index (κ2) is 7.90. The number of thiophene rings is 1. The fraction of sp³-hybridized carbons (Fsp3) is 0.375. The lowest BCUT2D eigenvalue weighted by molar-refractivity contribution is 0.195. The molecule has 1 aromatic carbocycles. The van der Waals surface area contributed by atoms with Crippen molar-refractivity contribution in [2.75, 3.05) is 25.1 Å². The number of hydrogen-bond donors (Lipinski definition) is 2. The van der Waals surface area contributed by atoms with E-state index in [0.29, 0.717) is 19.8 Å². The minimum atomic E-state index is -0.532. The number of nitrogens with one attached hydrogen (secondary N) is 1. The van der Waals surface area contributed by atoms with Crippen molar-refractivity contribution in [1.82, 2.24) is 0 Å². The van der Waals surface area contributed by atoms with Gasteiger partial charge in [-0.05, 0) is 37.4 Å². The van der Waals surface area contributed by atoms with E-state index >= 15 is 0 Å². The zero-order chi connectivity index (χ0) is 15.1. The molecule has 1 unspecified atom stereocenters. The predicted molar refractivity (Wildman–Crippen MR) is 86.5 cm³/mol. The van der Waals surface area contributed by atoms with Crippen molar-refractivity contribution in [2.45, 2.75) is 20.0 Å². The molecule has 0 spiro atoms. The average molecular weight is 307 g/mol. The first-order chi connectivity index (χ1) is 10.2. The van der Waals surface area contributed by atoms with E-state index in [2.05, 4.69) is 5.32 Å². The molecule has 0 aliphatic heterocycles. The van der Waals surface area contributed by atoms with Gasteiger partial charge in [0.25, 0.3) is 0 Å². The third-order valence-electron chi connectivity index (χ3n) is 2.92. The van der Waals surface area contributed by atoms with Crippen molar-refractivity contribution in [3.05, 3.63) is 40.6 Å². The van der Waals surface area contributed by atoms with Crippen molar-refractivity contribution >= 4 is 17.0 Å². The van der Waals surface area contributed by atoms with Gasteiger partial charge < -0.3 is 19.9 Å². The molecule has 0 aliphatic rings. The van der Waals surface area contributed by atoms with Crippen molar-refractivity contribution < 1.29 is 14.6 Å². The molecule has 0 aliphatic carbocycles. The number of ether oxygens (including phenoxy) is 2. The molecule has 0 saturated heterocycles. The largest absolute Gasteiger partial charge is 0.494 e. The van der Waals surface area contributed by atoms with E-state index in [1.54, 1.807) is 11.3 Å². The summed E-state index contributed by atoms with van der Waals surface area (Å²) < 4.78 is 11.1. The average Bonchev–Trinajstić information content (AvgIpc) is 3.02. The van der Waals surface area contributed by atoms with Crippen molar-refractivity contribution in [1.29, 1.82) is 0 Å². The highest BCUT2D eigenvalue weighted by atomic mass is 32.1. The minimum Gasteiger partial charge on any atom is -0.494 e. The number of hydrogen-bond acceptors (Lipinski definition) is 5. The van der Waals surface area contributed by atoms with Gasteiger partial charge in [0.1, 0.15) is 17.6 Å². The maximum Gasteiger partial charge on any atom is 0.142 e. The van der Waals surface area contributed by atoms with Gasteiger partial charge in [0.2, 0.25) is 0 Å². The number of aliphatic hydroxyl groups is 1. The molecule has 2 N–H and O–H groups in total. The second-order valence-electron chi connectivity index (χ2n) is 4.44. The van der Waals surface area contributed by atoms with Gasteiger partial charge >= 0.3 is 0 Å². The van der Waals surface area contributed by atoms with Crippen LogP contribution in [-0.2, 0) is 0 Å². The summed E-state index contributed by atoms with van der Waals surface area (Å²) in [5.41, 5.74) is 0.832. The molecule has 0 fully saturated rings. The third-order valence-corrected chi connectivity index (χ3v) is 3.89. The highest BCUT2D eigenvalue weighted by Gasteiger charge is 2.11. The summed E-state index contributed by atoms with van der Waals surface area (Å²) in [4.78, 5) is 0.946. The second-order valence-corrected chi connectivity index (χ2v) is 5.42. The molecular weight excluding hydrogens is 286 g/mol. The van der Waals surface area contributed by atoms with Gasteiger partial charge in [-0.3, -0.25) is 0 Å². The number of rotatable bonds is 8. The summed E-state index contributed by atoms with van der Waals surface area (Å²) in [6.45, 7) is 5.53. The fourth-order valence-electron chi connectivity index (χ4n) is 1.97. The Morgan fingerprint density at radius 1 is 1.19 bits per heavy atom. The Hall–Kier alpha value is -1.72. The summed E-state index contributed by atoms with van der Waals surface area (Å²) in [6, 6.07) is 9.53. The van der Waals surface area contributed by atoms with Crippen LogP contribution in [0.2, 0.25) is 0 Å². The first-order valence-corrected chi connectivity index (χ1v) is 7.97. The smallest absolute Gasteiger partial charge is 0.142 e. The maximum absolute atomic E-state index is 10.1. The Morgan fingerprint density at radius 3 is 2.67 bits per heavy atom. The summed E-state index contributed by atoms with van der Waals surface area (Å²) in [6.07, 6.45) is -0.532. The van der Waals surface area contributed by atoms with Gasteiger partial charge in [-0.25, -0.2) is 0 Å². The van der Waals surface area contributed by atoms with Crippen molar-refractivity contribution in [3.63, 3.8) is 0 Å². The Bertz CT molecular complexity index is 542. The van der Waals surface area contributed by atoms with Crippen LogP contribution in [0.4, 0.5) is 5.69 Å². The molecule has 5 heteroatoms. The highest BCUT2D eigenvalue weighted by Crippen LogP contribution is 2.30. The zero-order valence-electron chi connectivity index (χ0n) is 12.3. The van der Waals surface area contributed by atoms with Crippen molar-refractivity contribution in [3.8, 4) is 11.5 Å². The molecule has 2 rings (SSSR count). The van der Waals surface area contributed by atoms with Gasteiger partial charge in [-0.1, -0.05) is 6.07 Å². The molecule has 21 heavy (non-hydrogen) atoms. The van der Waals surface area contributed by atoms with Crippen LogP contribution in [-0.4, -0.2) is 24.9 Å². The first-order valence-electron chi connectivity index (χ1n) is 7.09. The van der Waals surface area contributed by atoms with Crippen LogP contribution in [0.15, 0.2) is 35.7 Å². The molecule has 1 heterocycles. The fourth-order valence-corrected chi connectivity index (χ4v) is 2.68. The third kappa shape index (κ3) is 4.37. The number of anilines is 1. The topological polar surface area (TPSA) is 50.7 Å². The molecular formula is C16H21NO3S. The van der Waals surface area contributed by atoms with Gasteiger partial charge in [-0.2, -0.15) is 0 Å². The molecule has 0 bridgehead atoms. The molecule has 4 nitrogen and oxygen atoms in total. The normalized spacial score (nSPS) is 12.0. The lowest BCUT2D eigenvalue weighted by Gasteiger charge is -2.16. The first kappa shape index (κ1) is 15.7. The molecule has 1 atom stereocenters. The highest BCUT2D eigenvalue weighted by molar-refractivity contribution is 7.10. The van der Waals surface area contributed by atoms with Crippen LogP contribution < -0.4 is 14.8 Å². The van der Waals surface area contributed by atoms with E-state index < -0.39 is 6.10 Å². The standard InChI is InChI=1S/C16H21NO3S/c1-3-19-12-7-8-15(20-4-2)13(10-12)17-11-14(18)16-6-5-9-21-16/h5-10,14,17-18H,3-4,11H2,1-2H3. The van der Waals surface area contributed by atoms with E-state index in [9.17, 15) is 5.11 Å². The SMILES string of the molecule is CCOc1ccc(OCC)c(NCC(O)c2cccs2)c1. The Morgan fingerprint density at radius 2 is 2.00 bits per heavy atom. The van der Waals surface area contributed by atoms with E-state index in [-0.39, 0.29) is 0 Å². The number of benzene rings is 1. The predicted octanol–water partition coefficient (Wildman–Crippen LogP) is 3.69. The van der Waals surface area contributed by atoms with Crippen molar-refractivity contribution in [2.24, 2.45) is 0 Å². The van der Waals surface area contributed by atoms with Gasteiger partial charge in [0.05, 0.1) is 18.9 Å². The van der Waals surface area contributed by atoms with Crippen LogP contribution in [0.5, 0.6) is 11.5 Å². The van der Waals surface area contributed by atoms with Crippen LogP contribution >= 0.6 is 11.3 Å². The lowest BCUT2D eigenvalue weighted by Crippen LogP contribution is -2.12. The summed E-state index contributed by atoms with van der Waals surface area (Å²) in [5.74, 6) is 1.55. The summed E-state index contributed by atoms with van der Waals surface area (Å²) in [7, 11) is 0. The minimum absolute atomic E-state index is 0.427. The molecule has 2 aromatic rings. The number of aliphatic hydroxyl groups excluding tert-OH is 1. The molecule has 0 radical (unpaired) electrons. The summed E-state index contributed by atoms with van der Waals surface area (Å²) in [5, 5.41) is 15.3. The molecule has 0 amide bonds. The Kier molecular flexibility index (Phi) is 5.90. The van der Waals surface area contributed by atoms with E-state index in [1.807, 2.05) is 49.6 Å². The molecule has 1 aromatic heterocycles. The monoisotopic (exact) mass is 307 g/mol. The van der Waals surface area contributed by atoms with Crippen LogP contribution in [0.25, 0.3) is 0 Å². The van der Waals surface area contributed by atoms with Gasteiger partial charge in [0, 0.05) is 17.5 Å². The van der Waals surface area contributed by atoms with Crippen LogP contribution in [0.3, 0.4) is 0 Å². The Balaban J connectivity index is 2.07. The van der Waals surface area contributed by atoms with Crippen LogP contribution in [0.1, 0.15) is 24.8 Å².